The van der Waals surface area contributed by atoms with Crippen molar-refractivity contribution >= 4 is 23.4 Å². The van der Waals surface area contributed by atoms with E-state index >= 15 is 0 Å². The van der Waals surface area contributed by atoms with Crippen LogP contribution in [-0.4, -0.2) is 38.5 Å². The van der Waals surface area contributed by atoms with Crippen molar-refractivity contribution in [1.82, 2.24) is 20.2 Å². The molecule has 0 unspecified atom stereocenters. The largest absolute Gasteiger partial charge is 0.492 e. The summed E-state index contributed by atoms with van der Waals surface area (Å²) in [4.78, 5) is 12.2. The Morgan fingerprint density at radius 2 is 1.93 bits per heavy atom. The number of nitrogens with one attached hydrogen (secondary N) is 1. The van der Waals surface area contributed by atoms with E-state index in [0.717, 1.165) is 17.8 Å². The molecule has 1 heterocycles. The van der Waals surface area contributed by atoms with Gasteiger partial charge in [-0.05, 0) is 53.6 Å². The third kappa shape index (κ3) is 4.85. The summed E-state index contributed by atoms with van der Waals surface area (Å²) in [6.45, 7) is 4.56. The van der Waals surface area contributed by atoms with Crippen LogP contribution >= 0.6 is 11.8 Å². The predicted molar refractivity (Wildman–Crippen MR) is 105 cm³/mol. The quantitative estimate of drug-likeness (QED) is 0.601. The molecule has 7 nitrogen and oxygen atoms in total. The van der Waals surface area contributed by atoms with Crippen LogP contribution in [0.2, 0.25) is 0 Å². The zero-order chi connectivity index (χ0) is 19.1. The van der Waals surface area contributed by atoms with E-state index in [-0.39, 0.29) is 11.7 Å². The molecule has 0 saturated heterocycles. The van der Waals surface area contributed by atoms with Crippen LogP contribution < -0.4 is 10.1 Å². The Bertz CT molecular complexity index is 895. The van der Waals surface area contributed by atoms with E-state index in [2.05, 4.69) is 27.8 Å². The van der Waals surface area contributed by atoms with Crippen LogP contribution in [-0.2, 0) is 11.2 Å². The number of benzene rings is 2. The average Bonchev–Trinajstić information content (AvgIpc) is 3.16. The van der Waals surface area contributed by atoms with E-state index in [0.29, 0.717) is 17.5 Å². The maximum atomic E-state index is 12.2. The number of aryl methyl sites for hydroxylation is 1. The molecule has 27 heavy (non-hydrogen) atoms. The van der Waals surface area contributed by atoms with Gasteiger partial charge in [0.15, 0.2) is 0 Å². The molecular formula is C19H21N5O2S. The molecule has 1 amide bonds. The Kier molecular flexibility index (Phi) is 6.43. The number of rotatable bonds is 8. The number of thioether (sulfide) groups is 1. The number of amides is 1. The van der Waals surface area contributed by atoms with Gasteiger partial charge in [-0.1, -0.05) is 43.0 Å². The summed E-state index contributed by atoms with van der Waals surface area (Å²) in [5.41, 5.74) is 2.75. The lowest BCUT2D eigenvalue weighted by molar-refractivity contribution is -0.113. The van der Waals surface area contributed by atoms with Crippen molar-refractivity contribution < 1.29 is 9.53 Å². The molecule has 0 fully saturated rings. The molecular weight excluding hydrogens is 362 g/mol. The highest BCUT2D eigenvalue weighted by molar-refractivity contribution is 7.99. The SMILES string of the molecule is CCOc1ccccc1-n1nnnc1SCC(=O)Nc1ccc(CC)cc1. The van der Waals surface area contributed by atoms with Gasteiger partial charge in [0.1, 0.15) is 11.4 Å². The third-order valence-corrected chi connectivity index (χ3v) is 4.73. The molecule has 0 atom stereocenters. The van der Waals surface area contributed by atoms with Crippen LogP contribution in [0.1, 0.15) is 19.4 Å². The number of nitrogens with zero attached hydrogens (tertiary/aromatic N) is 4. The number of anilines is 1. The van der Waals surface area contributed by atoms with E-state index in [1.54, 1.807) is 4.68 Å². The van der Waals surface area contributed by atoms with Gasteiger partial charge in [0, 0.05) is 5.69 Å². The highest BCUT2D eigenvalue weighted by Gasteiger charge is 2.14. The minimum absolute atomic E-state index is 0.114. The molecule has 140 valence electrons. The zero-order valence-corrected chi connectivity index (χ0v) is 16.1. The normalized spacial score (nSPS) is 10.6. The van der Waals surface area contributed by atoms with E-state index in [1.165, 1.54) is 17.3 Å². The average molecular weight is 383 g/mol. The Hall–Kier alpha value is -2.87. The summed E-state index contributed by atoms with van der Waals surface area (Å²) >= 11 is 1.27. The van der Waals surface area contributed by atoms with Gasteiger partial charge in [-0.3, -0.25) is 4.79 Å². The van der Waals surface area contributed by atoms with Crippen LogP contribution in [0, 0.1) is 0 Å². The van der Waals surface area contributed by atoms with Crippen molar-refractivity contribution in [2.24, 2.45) is 0 Å². The standard InChI is InChI=1S/C19H21N5O2S/c1-3-14-9-11-15(12-10-14)20-18(25)13-27-19-21-22-23-24(19)16-7-5-6-8-17(16)26-4-2/h5-12H,3-4,13H2,1-2H3,(H,20,25). The van der Waals surface area contributed by atoms with Crippen LogP contribution in [0.25, 0.3) is 5.69 Å². The first-order valence-corrected chi connectivity index (χ1v) is 9.72. The van der Waals surface area contributed by atoms with Gasteiger partial charge < -0.3 is 10.1 Å². The Balaban J connectivity index is 1.65. The second-order valence-corrected chi connectivity index (χ2v) is 6.60. The van der Waals surface area contributed by atoms with Gasteiger partial charge in [0.25, 0.3) is 0 Å². The molecule has 8 heteroatoms. The molecule has 1 aromatic heterocycles. The summed E-state index contributed by atoms with van der Waals surface area (Å²) in [6, 6.07) is 15.3. The van der Waals surface area contributed by atoms with E-state index in [9.17, 15) is 4.79 Å². The molecule has 0 saturated carbocycles. The summed E-state index contributed by atoms with van der Waals surface area (Å²) in [5.74, 6) is 0.777. The second-order valence-electron chi connectivity index (χ2n) is 5.66. The highest BCUT2D eigenvalue weighted by atomic mass is 32.2. The number of hydrogen-bond donors (Lipinski definition) is 1. The summed E-state index contributed by atoms with van der Waals surface area (Å²) in [7, 11) is 0. The summed E-state index contributed by atoms with van der Waals surface area (Å²) in [6.07, 6.45) is 0.968. The number of ether oxygens (including phenoxy) is 1. The van der Waals surface area contributed by atoms with Crippen molar-refractivity contribution in [3.63, 3.8) is 0 Å². The second kappa shape index (κ2) is 9.18. The van der Waals surface area contributed by atoms with E-state index in [4.69, 9.17) is 4.74 Å². The van der Waals surface area contributed by atoms with E-state index < -0.39 is 0 Å². The van der Waals surface area contributed by atoms with Gasteiger partial charge in [-0.25, -0.2) is 0 Å². The molecule has 0 aliphatic heterocycles. The number of aromatic nitrogens is 4. The van der Waals surface area contributed by atoms with Crippen molar-refractivity contribution in [1.29, 1.82) is 0 Å². The molecule has 0 bridgehead atoms. The number of carbonyl (C=O) groups excluding carboxylic acids is 1. The first-order chi connectivity index (χ1) is 13.2. The predicted octanol–water partition coefficient (Wildman–Crippen LogP) is 3.35. The molecule has 0 aliphatic carbocycles. The van der Waals surface area contributed by atoms with Gasteiger partial charge in [-0.15, -0.1) is 5.10 Å². The highest BCUT2D eigenvalue weighted by Crippen LogP contribution is 2.26. The van der Waals surface area contributed by atoms with Crippen molar-refractivity contribution in [2.45, 2.75) is 25.4 Å². The lowest BCUT2D eigenvalue weighted by Gasteiger charge is -2.10. The van der Waals surface area contributed by atoms with Crippen molar-refractivity contribution in [3.05, 3.63) is 54.1 Å². The van der Waals surface area contributed by atoms with Crippen molar-refractivity contribution in [2.75, 3.05) is 17.7 Å². The minimum atomic E-state index is -0.114. The number of carbonyl (C=O) groups is 1. The van der Waals surface area contributed by atoms with Crippen LogP contribution in [0.3, 0.4) is 0 Å². The fraction of sp³-hybridized carbons (Fsp3) is 0.263. The Morgan fingerprint density at radius 1 is 1.15 bits per heavy atom. The maximum absolute atomic E-state index is 12.2. The Morgan fingerprint density at radius 3 is 2.67 bits per heavy atom. The molecule has 2 aromatic carbocycles. The minimum Gasteiger partial charge on any atom is -0.492 e. The van der Waals surface area contributed by atoms with Crippen molar-refractivity contribution in [3.8, 4) is 11.4 Å². The fourth-order valence-corrected chi connectivity index (χ4v) is 3.16. The van der Waals surface area contributed by atoms with Crippen LogP contribution in [0.4, 0.5) is 5.69 Å². The zero-order valence-electron chi connectivity index (χ0n) is 15.3. The number of hydrogen-bond acceptors (Lipinski definition) is 6. The first kappa shape index (κ1) is 18.9. The van der Waals surface area contributed by atoms with Gasteiger partial charge in [-0.2, -0.15) is 4.68 Å². The van der Waals surface area contributed by atoms with Gasteiger partial charge in [0.2, 0.25) is 11.1 Å². The molecule has 0 spiro atoms. The molecule has 0 radical (unpaired) electrons. The van der Waals surface area contributed by atoms with E-state index in [1.807, 2.05) is 55.5 Å². The summed E-state index contributed by atoms with van der Waals surface area (Å²) < 4.78 is 7.22. The molecule has 1 N–H and O–H groups in total. The first-order valence-electron chi connectivity index (χ1n) is 8.73. The lowest BCUT2D eigenvalue weighted by Crippen LogP contribution is -2.14. The third-order valence-electron chi connectivity index (χ3n) is 3.81. The Labute approximate surface area is 162 Å². The fourth-order valence-electron chi connectivity index (χ4n) is 2.48. The number of tetrazole rings is 1. The lowest BCUT2D eigenvalue weighted by atomic mass is 10.1. The smallest absolute Gasteiger partial charge is 0.234 e. The van der Waals surface area contributed by atoms with Crippen LogP contribution in [0.5, 0.6) is 5.75 Å². The van der Waals surface area contributed by atoms with Crippen LogP contribution in [0.15, 0.2) is 53.7 Å². The van der Waals surface area contributed by atoms with Gasteiger partial charge >= 0.3 is 0 Å². The summed E-state index contributed by atoms with van der Waals surface area (Å²) in [5, 5.41) is 15.2. The molecule has 3 rings (SSSR count). The monoisotopic (exact) mass is 383 g/mol. The maximum Gasteiger partial charge on any atom is 0.234 e. The van der Waals surface area contributed by atoms with Gasteiger partial charge in [0.05, 0.1) is 12.4 Å². The molecule has 3 aromatic rings. The topological polar surface area (TPSA) is 81.9 Å². The number of para-hydroxylation sites is 2. The molecule has 0 aliphatic rings.